The van der Waals surface area contributed by atoms with Gasteiger partial charge in [-0.25, -0.2) is 0 Å². The predicted octanol–water partition coefficient (Wildman–Crippen LogP) is 4.05. The van der Waals surface area contributed by atoms with E-state index in [-0.39, 0.29) is 5.91 Å². The molecule has 2 aromatic rings. The summed E-state index contributed by atoms with van der Waals surface area (Å²) in [6.45, 7) is 0.664. The Balaban J connectivity index is 0.00000114. The van der Waals surface area contributed by atoms with Crippen molar-refractivity contribution in [1.82, 2.24) is 5.32 Å². The average molecular weight is 429 g/mol. The molecule has 0 saturated heterocycles. The van der Waals surface area contributed by atoms with Crippen LogP contribution in [0.4, 0.5) is 5.69 Å². The van der Waals surface area contributed by atoms with Gasteiger partial charge in [-0.05, 0) is 54.7 Å². The fourth-order valence-electron chi connectivity index (χ4n) is 2.40. The molecule has 0 atom stereocenters. The molecule has 0 aliphatic heterocycles. The standard InChI is InChI=1S/C19H22Cl2N2O.O2S/c1-22-16-8-4-14(5-9-16)7-11-19(24)23-12-2-3-15-6-10-17(20)18(21)13-15;1-3-2/h4-6,8-10,13,22H,2-3,7,11-12H2,1H3,(H,23,24);. The van der Waals surface area contributed by atoms with E-state index in [9.17, 15) is 4.79 Å². The van der Waals surface area contributed by atoms with Crippen LogP contribution in [0.1, 0.15) is 24.0 Å². The number of nitrogens with one attached hydrogen (secondary N) is 2. The number of carbonyl (C=O) groups excluding carboxylic acids is 1. The van der Waals surface area contributed by atoms with Crippen LogP contribution in [0.2, 0.25) is 10.0 Å². The molecule has 8 heteroatoms. The Hall–Kier alpha value is -1.89. The van der Waals surface area contributed by atoms with E-state index in [0.717, 1.165) is 30.5 Å². The highest BCUT2D eigenvalue weighted by molar-refractivity contribution is 7.51. The summed E-state index contributed by atoms with van der Waals surface area (Å²) >= 11 is 11.1. The van der Waals surface area contributed by atoms with E-state index < -0.39 is 11.6 Å². The van der Waals surface area contributed by atoms with Crippen LogP contribution in [-0.4, -0.2) is 27.9 Å². The van der Waals surface area contributed by atoms with Gasteiger partial charge in [-0.1, -0.05) is 41.4 Å². The van der Waals surface area contributed by atoms with E-state index in [1.807, 2.05) is 43.4 Å². The second-order valence-electron chi connectivity index (χ2n) is 5.72. The van der Waals surface area contributed by atoms with Gasteiger partial charge >= 0.3 is 11.6 Å². The second kappa shape index (κ2) is 13.3. The minimum absolute atomic E-state index is 0.0850. The zero-order chi connectivity index (χ0) is 20.1. The van der Waals surface area contributed by atoms with E-state index >= 15 is 0 Å². The van der Waals surface area contributed by atoms with Crippen LogP contribution in [-0.2, 0) is 29.2 Å². The Kier molecular flexibility index (Phi) is 11.4. The monoisotopic (exact) mass is 428 g/mol. The highest BCUT2D eigenvalue weighted by atomic mass is 35.5. The molecule has 0 aliphatic carbocycles. The first kappa shape index (κ1) is 23.1. The Labute approximate surface area is 173 Å². The highest BCUT2D eigenvalue weighted by Gasteiger charge is 2.03. The third-order valence-corrected chi connectivity index (χ3v) is 4.57. The van der Waals surface area contributed by atoms with Crippen molar-refractivity contribution in [3.63, 3.8) is 0 Å². The lowest BCUT2D eigenvalue weighted by molar-refractivity contribution is -0.121. The van der Waals surface area contributed by atoms with Crippen molar-refractivity contribution in [3.05, 3.63) is 63.6 Å². The average Bonchev–Trinajstić information content (AvgIpc) is 2.67. The molecule has 0 heterocycles. The lowest BCUT2D eigenvalue weighted by Crippen LogP contribution is -2.24. The zero-order valence-electron chi connectivity index (χ0n) is 15.0. The van der Waals surface area contributed by atoms with E-state index in [2.05, 4.69) is 10.6 Å². The van der Waals surface area contributed by atoms with Crippen molar-refractivity contribution in [3.8, 4) is 0 Å². The Morgan fingerprint density at radius 2 is 1.59 bits per heavy atom. The van der Waals surface area contributed by atoms with Crippen molar-refractivity contribution in [2.45, 2.75) is 25.7 Å². The van der Waals surface area contributed by atoms with E-state index in [1.54, 1.807) is 6.07 Å². The molecule has 27 heavy (non-hydrogen) atoms. The van der Waals surface area contributed by atoms with E-state index in [4.69, 9.17) is 31.6 Å². The lowest BCUT2D eigenvalue weighted by atomic mass is 10.1. The van der Waals surface area contributed by atoms with Crippen molar-refractivity contribution >= 4 is 46.4 Å². The number of anilines is 1. The smallest absolute Gasteiger partial charge is 0.335 e. The van der Waals surface area contributed by atoms with Crippen molar-refractivity contribution in [2.75, 3.05) is 18.9 Å². The molecular formula is C19H22Cl2N2O3S. The van der Waals surface area contributed by atoms with Crippen LogP contribution in [0.3, 0.4) is 0 Å². The summed E-state index contributed by atoms with van der Waals surface area (Å²) in [7, 11) is 1.89. The quantitative estimate of drug-likeness (QED) is 0.621. The van der Waals surface area contributed by atoms with Crippen molar-refractivity contribution in [1.29, 1.82) is 0 Å². The van der Waals surface area contributed by atoms with Gasteiger partial charge in [0.2, 0.25) is 5.91 Å². The number of hydrogen-bond donors (Lipinski definition) is 2. The summed E-state index contributed by atoms with van der Waals surface area (Å²) in [5.41, 5.74) is 3.37. The number of benzene rings is 2. The SMILES string of the molecule is CNc1ccc(CCC(=O)NCCCc2ccc(Cl)c(Cl)c2)cc1.O=S=O. The normalized spacial score (nSPS) is 9.74. The number of halogens is 2. The van der Waals surface area contributed by atoms with Gasteiger partial charge in [0.1, 0.15) is 0 Å². The molecule has 0 bridgehead atoms. The summed E-state index contributed by atoms with van der Waals surface area (Å²) in [4.78, 5) is 11.9. The third-order valence-electron chi connectivity index (χ3n) is 3.83. The van der Waals surface area contributed by atoms with Gasteiger partial charge in [0, 0.05) is 25.7 Å². The molecule has 2 N–H and O–H groups in total. The molecule has 0 saturated carbocycles. The largest absolute Gasteiger partial charge is 0.388 e. The van der Waals surface area contributed by atoms with Crippen molar-refractivity contribution < 1.29 is 13.2 Å². The number of rotatable bonds is 8. The molecule has 0 aliphatic rings. The number of carbonyl (C=O) groups is 1. The zero-order valence-corrected chi connectivity index (χ0v) is 17.3. The van der Waals surface area contributed by atoms with Crippen LogP contribution in [0, 0.1) is 0 Å². The van der Waals surface area contributed by atoms with Gasteiger partial charge in [0.15, 0.2) is 0 Å². The number of amides is 1. The number of hydrogen-bond acceptors (Lipinski definition) is 4. The van der Waals surface area contributed by atoms with E-state index in [1.165, 1.54) is 5.56 Å². The highest BCUT2D eigenvalue weighted by Crippen LogP contribution is 2.23. The second-order valence-corrected chi connectivity index (χ2v) is 6.67. The molecular weight excluding hydrogens is 407 g/mol. The van der Waals surface area contributed by atoms with Crippen molar-refractivity contribution in [2.24, 2.45) is 0 Å². The first-order valence-electron chi connectivity index (χ1n) is 8.39. The Bertz CT molecular complexity index is 764. The van der Waals surface area contributed by atoms with Gasteiger partial charge in [-0.3, -0.25) is 4.79 Å². The van der Waals surface area contributed by atoms with Gasteiger partial charge in [0.25, 0.3) is 0 Å². The Morgan fingerprint density at radius 3 is 2.19 bits per heavy atom. The van der Waals surface area contributed by atoms with E-state index in [0.29, 0.717) is 23.0 Å². The molecule has 2 rings (SSSR count). The Morgan fingerprint density at radius 1 is 0.963 bits per heavy atom. The summed E-state index contributed by atoms with van der Waals surface area (Å²) in [6.07, 6.45) is 3.00. The fourth-order valence-corrected chi connectivity index (χ4v) is 2.72. The van der Waals surface area contributed by atoms with Crippen LogP contribution in [0.25, 0.3) is 0 Å². The molecule has 0 unspecified atom stereocenters. The molecule has 0 radical (unpaired) electrons. The molecule has 0 spiro atoms. The first-order valence-corrected chi connectivity index (χ1v) is 9.81. The molecule has 0 aromatic heterocycles. The maximum absolute atomic E-state index is 11.9. The molecule has 2 aromatic carbocycles. The number of aryl methyl sites for hydroxylation is 2. The maximum atomic E-state index is 11.9. The lowest BCUT2D eigenvalue weighted by Gasteiger charge is -2.07. The van der Waals surface area contributed by atoms with Gasteiger partial charge in [-0.15, -0.1) is 0 Å². The summed E-state index contributed by atoms with van der Waals surface area (Å²) in [5, 5.41) is 7.18. The minimum atomic E-state index is -0.750. The van der Waals surface area contributed by atoms with Crippen LogP contribution < -0.4 is 10.6 Å². The molecule has 146 valence electrons. The first-order chi connectivity index (χ1) is 13.0. The van der Waals surface area contributed by atoms with Crippen LogP contribution in [0.15, 0.2) is 42.5 Å². The van der Waals surface area contributed by atoms with Gasteiger partial charge < -0.3 is 10.6 Å². The topological polar surface area (TPSA) is 75.3 Å². The van der Waals surface area contributed by atoms with Crippen LogP contribution >= 0.6 is 23.2 Å². The summed E-state index contributed by atoms with van der Waals surface area (Å²) < 4.78 is 16.6. The third kappa shape index (κ3) is 9.56. The van der Waals surface area contributed by atoms with Crippen LogP contribution in [0.5, 0.6) is 0 Å². The summed E-state index contributed by atoms with van der Waals surface area (Å²) in [5.74, 6) is 0.0850. The summed E-state index contributed by atoms with van der Waals surface area (Å²) in [6, 6.07) is 13.8. The minimum Gasteiger partial charge on any atom is -0.388 e. The molecule has 5 nitrogen and oxygen atoms in total. The van der Waals surface area contributed by atoms with Gasteiger partial charge in [0.05, 0.1) is 10.0 Å². The maximum Gasteiger partial charge on any atom is 0.335 e. The molecule has 1 amide bonds. The molecule has 0 fully saturated rings. The fraction of sp³-hybridized carbons (Fsp3) is 0.316. The van der Waals surface area contributed by atoms with Gasteiger partial charge in [-0.2, -0.15) is 8.42 Å². The predicted molar refractivity (Wildman–Crippen MR) is 111 cm³/mol.